The average Bonchev–Trinajstić information content (AvgIpc) is 3.44. The van der Waals surface area contributed by atoms with Crippen molar-refractivity contribution in [1.29, 1.82) is 0 Å². The number of hydrogen-bond acceptors (Lipinski definition) is 9. The largest absolute Gasteiger partial charge is 0.477 e. The third-order valence-corrected chi connectivity index (χ3v) is 8.05. The van der Waals surface area contributed by atoms with Gasteiger partial charge in [-0.15, -0.1) is 0 Å². The SMILES string of the molecule is O=C(OC[C@H]1O[C@@H](n2cc(C(=O)O)c(=O)c3cc(F)c(Cl)cc32)[C@H](OC(=O)c2ccccc2)[C@@H]1OC(=O)c1ccccc1)c1ccccc1. The highest BCUT2D eigenvalue weighted by atomic mass is 35.5. The lowest BCUT2D eigenvalue weighted by Gasteiger charge is -2.26. The van der Waals surface area contributed by atoms with Crippen molar-refractivity contribution in [3.8, 4) is 0 Å². The van der Waals surface area contributed by atoms with Crippen molar-refractivity contribution < 1.29 is 47.6 Å². The number of carbonyl (C=O) groups excluding carboxylic acids is 3. The van der Waals surface area contributed by atoms with E-state index in [1.165, 1.54) is 36.4 Å². The summed E-state index contributed by atoms with van der Waals surface area (Å²) in [5.41, 5.74) is -1.37. The molecular weight excluding hydrogens is 661 g/mol. The zero-order chi connectivity index (χ0) is 34.7. The van der Waals surface area contributed by atoms with Crippen LogP contribution in [0.3, 0.4) is 0 Å². The molecule has 1 saturated heterocycles. The zero-order valence-electron chi connectivity index (χ0n) is 25.2. The van der Waals surface area contributed by atoms with Crippen LogP contribution in [0.5, 0.6) is 0 Å². The molecule has 1 N–H and O–H groups in total. The molecule has 13 heteroatoms. The monoisotopic (exact) mass is 685 g/mol. The zero-order valence-corrected chi connectivity index (χ0v) is 26.0. The number of ether oxygens (including phenoxy) is 4. The van der Waals surface area contributed by atoms with Crippen molar-refractivity contribution in [2.75, 3.05) is 6.61 Å². The standard InChI is InChI=1S/C36H25ClFNO10/c37-25-17-27-23(16-26(25)38)29(40)24(33(41)42)18-39(27)32-31(49-36(45)22-14-8-3-9-15-22)30(48-35(44)21-12-6-2-7-13-21)28(47-32)19-46-34(43)20-10-4-1-5-11-20/h1-18,28,30-32H,19H2,(H,41,42)/t28-,30-,31-,32-/m1/s1. The fraction of sp³-hybridized carbons (Fsp3) is 0.139. The molecule has 4 aromatic carbocycles. The van der Waals surface area contributed by atoms with Gasteiger partial charge in [0.1, 0.15) is 24.1 Å². The minimum Gasteiger partial charge on any atom is -0.477 e. The number of benzene rings is 4. The van der Waals surface area contributed by atoms with Gasteiger partial charge in [0.2, 0.25) is 5.43 Å². The van der Waals surface area contributed by atoms with Gasteiger partial charge in [-0.3, -0.25) is 4.79 Å². The van der Waals surface area contributed by atoms with Crippen LogP contribution in [0.2, 0.25) is 5.02 Å². The number of nitrogens with zero attached hydrogens (tertiary/aromatic N) is 1. The topological polar surface area (TPSA) is 147 Å². The van der Waals surface area contributed by atoms with E-state index in [1.54, 1.807) is 54.6 Å². The Balaban J connectivity index is 1.48. The molecule has 5 aromatic rings. The Labute approximate surface area is 282 Å². The smallest absolute Gasteiger partial charge is 0.341 e. The number of carboxylic acid groups (broad SMARTS) is 1. The van der Waals surface area contributed by atoms with Crippen LogP contribution in [0.25, 0.3) is 10.9 Å². The molecule has 0 bridgehead atoms. The number of carboxylic acids is 1. The first-order valence-electron chi connectivity index (χ1n) is 14.8. The third-order valence-electron chi connectivity index (χ3n) is 7.76. The fourth-order valence-electron chi connectivity index (χ4n) is 5.39. The lowest BCUT2D eigenvalue weighted by atomic mass is 10.1. The van der Waals surface area contributed by atoms with Crippen molar-refractivity contribution in [2.45, 2.75) is 24.5 Å². The molecule has 4 atom stereocenters. The Bertz CT molecular complexity index is 2110. The summed E-state index contributed by atoms with van der Waals surface area (Å²) in [4.78, 5) is 65.2. The number of hydrogen-bond donors (Lipinski definition) is 1. The maximum atomic E-state index is 14.6. The van der Waals surface area contributed by atoms with Gasteiger partial charge in [-0.1, -0.05) is 66.2 Å². The molecule has 49 heavy (non-hydrogen) atoms. The number of rotatable bonds is 9. The summed E-state index contributed by atoms with van der Waals surface area (Å²) in [6.45, 7) is -0.518. The molecule has 1 aliphatic heterocycles. The van der Waals surface area contributed by atoms with Gasteiger partial charge in [-0.05, 0) is 48.5 Å². The van der Waals surface area contributed by atoms with E-state index in [-0.39, 0.29) is 27.6 Å². The molecule has 1 fully saturated rings. The molecule has 11 nitrogen and oxygen atoms in total. The van der Waals surface area contributed by atoms with Gasteiger partial charge in [0.15, 0.2) is 18.4 Å². The lowest BCUT2D eigenvalue weighted by Crippen LogP contribution is -2.41. The third kappa shape index (κ3) is 6.91. The van der Waals surface area contributed by atoms with Crippen molar-refractivity contribution in [3.05, 3.63) is 153 Å². The van der Waals surface area contributed by atoms with Crippen molar-refractivity contribution >= 4 is 46.4 Å². The summed E-state index contributed by atoms with van der Waals surface area (Å²) in [5, 5.41) is 9.12. The molecule has 0 aliphatic carbocycles. The molecule has 0 saturated carbocycles. The molecular formula is C36H25ClFNO10. The molecule has 0 spiro atoms. The van der Waals surface area contributed by atoms with Crippen LogP contribution in [-0.4, -0.2) is 58.5 Å². The van der Waals surface area contributed by atoms with Gasteiger partial charge in [-0.2, -0.15) is 0 Å². The average molecular weight is 686 g/mol. The minimum absolute atomic E-state index is 0.0813. The van der Waals surface area contributed by atoms with E-state index in [1.807, 2.05) is 0 Å². The number of esters is 3. The van der Waals surface area contributed by atoms with Gasteiger partial charge in [-0.25, -0.2) is 23.6 Å². The number of aromatic nitrogens is 1. The summed E-state index contributed by atoms with van der Waals surface area (Å²) < 4.78 is 39.4. The Morgan fingerprint density at radius 2 is 1.29 bits per heavy atom. The van der Waals surface area contributed by atoms with Crippen LogP contribution in [0.1, 0.15) is 47.7 Å². The normalized spacial score (nSPS) is 18.5. The van der Waals surface area contributed by atoms with Gasteiger partial charge < -0.3 is 28.6 Å². The maximum absolute atomic E-state index is 14.6. The second-order valence-electron chi connectivity index (χ2n) is 10.9. The van der Waals surface area contributed by atoms with E-state index in [4.69, 9.17) is 30.5 Å². The first kappa shape index (κ1) is 33.1. The van der Waals surface area contributed by atoms with E-state index < -0.39 is 76.9 Å². The molecule has 1 aliphatic rings. The Morgan fingerprint density at radius 1 is 0.776 bits per heavy atom. The summed E-state index contributed by atoms with van der Waals surface area (Å²) >= 11 is 6.10. The molecule has 248 valence electrons. The molecule has 0 unspecified atom stereocenters. The Kier molecular flexibility index (Phi) is 9.51. The predicted molar refractivity (Wildman–Crippen MR) is 172 cm³/mol. The molecule has 2 heterocycles. The first-order valence-corrected chi connectivity index (χ1v) is 15.2. The highest BCUT2D eigenvalue weighted by Gasteiger charge is 2.51. The van der Waals surface area contributed by atoms with Crippen molar-refractivity contribution in [3.63, 3.8) is 0 Å². The highest BCUT2D eigenvalue weighted by molar-refractivity contribution is 6.31. The molecule has 1 aromatic heterocycles. The van der Waals surface area contributed by atoms with Crippen LogP contribution in [0.4, 0.5) is 4.39 Å². The minimum atomic E-state index is -1.63. The lowest BCUT2D eigenvalue weighted by molar-refractivity contribution is -0.0605. The first-order chi connectivity index (χ1) is 23.6. The summed E-state index contributed by atoms with van der Waals surface area (Å²) in [6.07, 6.45) is -4.91. The highest BCUT2D eigenvalue weighted by Crippen LogP contribution is 2.37. The van der Waals surface area contributed by atoms with E-state index in [0.717, 1.165) is 22.9 Å². The van der Waals surface area contributed by atoms with E-state index in [2.05, 4.69) is 0 Å². The van der Waals surface area contributed by atoms with E-state index in [9.17, 15) is 33.5 Å². The maximum Gasteiger partial charge on any atom is 0.341 e. The van der Waals surface area contributed by atoms with Crippen LogP contribution < -0.4 is 5.43 Å². The number of fused-ring (bicyclic) bond motifs is 1. The van der Waals surface area contributed by atoms with Gasteiger partial charge in [0, 0.05) is 11.6 Å². The van der Waals surface area contributed by atoms with E-state index in [0.29, 0.717) is 0 Å². The number of carbonyl (C=O) groups is 4. The fourth-order valence-corrected chi connectivity index (χ4v) is 5.55. The molecule has 0 amide bonds. The van der Waals surface area contributed by atoms with Gasteiger partial charge >= 0.3 is 23.9 Å². The summed E-state index contributed by atoms with van der Waals surface area (Å²) in [5.74, 6) is -5.05. The Hall–Kier alpha value is -5.85. The quantitative estimate of drug-likeness (QED) is 0.151. The Morgan fingerprint density at radius 3 is 1.82 bits per heavy atom. The van der Waals surface area contributed by atoms with Crippen molar-refractivity contribution in [1.82, 2.24) is 4.57 Å². The second-order valence-corrected chi connectivity index (χ2v) is 11.3. The van der Waals surface area contributed by atoms with Gasteiger partial charge in [0.25, 0.3) is 0 Å². The number of aromatic carboxylic acids is 1. The van der Waals surface area contributed by atoms with Crippen LogP contribution in [0.15, 0.2) is 114 Å². The molecule has 0 radical (unpaired) electrons. The van der Waals surface area contributed by atoms with Crippen LogP contribution >= 0.6 is 11.6 Å². The summed E-state index contributed by atoms with van der Waals surface area (Å²) in [6, 6.07) is 25.7. The summed E-state index contributed by atoms with van der Waals surface area (Å²) in [7, 11) is 0. The molecule has 6 rings (SSSR count). The second kappa shape index (κ2) is 14.1. The van der Waals surface area contributed by atoms with Crippen LogP contribution in [-0.2, 0) is 18.9 Å². The van der Waals surface area contributed by atoms with Gasteiger partial charge in [0.05, 0.1) is 27.2 Å². The predicted octanol–water partition coefficient (Wildman–Crippen LogP) is 5.70. The number of pyridine rings is 1. The van der Waals surface area contributed by atoms with Crippen molar-refractivity contribution in [2.24, 2.45) is 0 Å². The van der Waals surface area contributed by atoms with E-state index >= 15 is 0 Å². The van der Waals surface area contributed by atoms with Crippen LogP contribution in [0, 0.1) is 5.82 Å². The number of halogens is 2.